The average Bonchev–Trinajstić information content (AvgIpc) is 2.40. The Bertz CT molecular complexity index is 330. The van der Waals surface area contributed by atoms with Gasteiger partial charge in [-0.1, -0.05) is 6.92 Å². The zero-order valence-electron chi connectivity index (χ0n) is 10.7. The fourth-order valence-electron chi connectivity index (χ4n) is 1.94. The number of hydrogen-bond donors (Lipinski definition) is 2. The third-order valence-corrected chi connectivity index (χ3v) is 3.24. The third-order valence-electron chi connectivity index (χ3n) is 3.24. The van der Waals surface area contributed by atoms with Crippen molar-refractivity contribution in [1.29, 1.82) is 0 Å². The van der Waals surface area contributed by atoms with Crippen molar-refractivity contribution in [3.8, 4) is 0 Å². The molecule has 1 aliphatic heterocycles. The van der Waals surface area contributed by atoms with Gasteiger partial charge in [-0.25, -0.2) is 4.98 Å². The average molecular weight is 234 g/mol. The molecule has 1 aromatic rings. The Morgan fingerprint density at radius 2 is 2.18 bits per heavy atom. The van der Waals surface area contributed by atoms with Crippen LogP contribution < -0.4 is 15.5 Å². The van der Waals surface area contributed by atoms with Gasteiger partial charge in [0.05, 0.1) is 11.9 Å². The largest absolute Gasteiger partial charge is 0.368 e. The van der Waals surface area contributed by atoms with E-state index in [1.165, 1.54) is 5.69 Å². The predicted molar refractivity (Wildman–Crippen MR) is 72.7 cm³/mol. The molecule has 0 aliphatic carbocycles. The summed E-state index contributed by atoms with van der Waals surface area (Å²) in [4.78, 5) is 6.84. The molecule has 1 atom stereocenters. The van der Waals surface area contributed by atoms with Crippen LogP contribution in [0.1, 0.15) is 20.3 Å². The van der Waals surface area contributed by atoms with E-state index in [1.54, 1.807) is 0 Å². The standard InChI is InChI=1S/C13H22N4/c1-3-11(2)16-13-5-4-12(10-15-13)17-8-6-14-7-9-17/h4-5,10-11,14H,3,6-9H2,1-2H3,(H,15,16). The van der Waals surface area contributed by atoms with Crippen molar-refractivity contribution in [3.05, 3.63) is 18.3 Å². The summed E-state index contributed by atoms with van der Waals surface area (Å²) in [6, 6.07) is 4.71. The highest BCUT2D eigenvalue weighted by Gasteiger charge is 2.10. The summed E-state index contributed by atoms with van der Waals surface area (Å²) < 4.78 is 0. The number of nitrogens with one attached hydrogen (secondary N) is 2. The van der Waals surface area contributed by atoms with E-state index in [0.29, 0.717) is 6.04 Å². The molecule has 94 valence electrons. The van der Waals surface area contributed by atoms with Gasteiger partial charge in [0, 0.05) is 32.2 Å². The van der Waals surface area contributed by atoms with Crippen LogP contribution in [-0.2, 0) is 0 Å². The van der Waals surface area contributed by atoms with Gasteiger partial charge in [-0.05, 0) is 25.5 Å². The molecule has 0 aromatic carbocycles. The summed E-state index contributed by atoms with van der Waals surface area (Å²) in [5, 5.41) is 6.73. The van der Waals surface area contributed by atoms with Gasteiger partial charge in [-0.2, -0.15) is 0 Å². The molecule has 1 aliphatic rings. The molecular formula is C13H22N4. The van der Waals surface area contributed by atoms with Crippen molar-refractivity contribution in [3.63, 3.8) is 0 Å². The second-order valence-electron chi connectivity index (χ2n) is 4.59. The van der Waals surface area contributed by atoms with Crippen molar-refractivity contribution in [2.45, 2.75) is 26.3 Å². The first kappa shape index (κ1) is 12.2. The second-order valence-corrected chi connectivity index (χ2v) is 4.59. The minimum absolute atomic E-state index is 0.479. The van der Waals surface area contributed by atoms with Gasteiger partial charge >= 0.3 is 0 Å². The molecular weight excluding hydrogens is 212 g/mol. The van der Waals surface area contributed by atoms with Crippen LogP contribution in [0.5, 0.6) is 0 Å². The van der Waals surface area contributed by atoms with E-state index in [9.17, 15) is 0 Å². The molecule has 0 amide bonds. The molecule has 4 heteroatoms. The Morgan fingerprint density at radius 1 is 1.41 bits per heavy atom. The van der Waals surface area contributed by atoms with Crippen molar-refractivity contribution >= 4 is 11.5 Å². The lowest BCUT2D eigenvalue weighted by molar-refractivity contribution is 0.589. The van der Waals surface area contributed by atoms with E-state index in [4.69, 9.17) is 0 Å². The number of pyridine rings is 1. The molecule has 1 saturated heterocycles. The summed E-state index contributed by atoms with van der Waals surface area (Å²) >= 11 is 0. The lowest BCUT2D eigenvalue weighted by atomic mass is 10.2. The first-order chi connectivity index (χ1) is 8.29. The van der Waals surface area contributed by atoms with Crippen LogP contribution in [0.25, 0.3) is 0 Å². The molecule has 2 heterocycles. The number of anilines is 2. The van der Waals surface area contributed by atoms with E-state index >= 15 is 0 Å². The Kier molecular flexibility index (Phi) is 4.20. The normalized spacial score (nSPS) is 17.9. The van der Waals surface area contributed by atoms with E-state index in [1.807, 2.05) is 6.20 Å². The van der Waals surface area contributed by atoms with Gasteiger partial charge in [0.25, 0.3) is 0 Å². The number of nitrogens with zero attached hydrogens (tertiary/aromatic N) is 2. The van der Waals surface area contributed by atoms with Crippen LogP contribution >= 0.6 is 0 Å². The van der Waals surface area contributed by atoms with E-state index in [2.05, 4.69) is 46.5 Å². The highest BCUT2D eigenvalue weighted by molar-refractivity contribution is 5.50. The molecule has 0 saturated carbocycles. The van der Waals surface area contributed by atoms with Crippen molar-refractivity contribution < 1.29 is 0 Å². The number of rotatable bonds is 4. The molecule has 1 aromatic heterocycles. The van der Waals surface area contributed by atoms with Crippen LogP contribution in [-0.4, -0.2) is 37.2 Å². The van der Waals surface area contributed by atoms with E-state index in [0.717, 1.165) is 38.4 Å². The molecule has 0 bridgehead atoms. The summed E-state index contributed by atoms with van der Waals surface area (Å²) in [6.07, 6.45) is 3.08. The SMILES string of the molecule is CCC(C)Nc1ccc(N2CCNCC2)cn1. The zero-order valence-corrected chi connectivity index (χ0v) is 10.7. The van der Waals surface area contributed by atoms with E-state index < -0.39 is 0 Å². The Labute approximate surface area is 103 Å². The summed E-state index contributed by atoms with van der Waals surface area (Å²) in [5.41, 5.74) is 1.22. The van der Waals surface area contributed by atoms with Gasteiger partial charge in [0.1, 0.15) is 5.82 Å². The maximum Gasteiger partial charge on any atom is 0.126 e. The van der Waals surface area contributed by atoms with Crippen molar-refractivity contribution in [2.75, 3.05) is 36.4 Å². The fourth-order valence-corrected chi connectivity index (χ4v) is 1.94. The third kappa shape index (κ3) is 3.33. The van der Waals surface area contributed by atoms with Gasteiger partial charge in [-0.3, -0.25) is 0 Å². The minimum atomic E-state index is 0.479. The number of hydrogen-bond acceptors (Lipinski definition) is 4. The molecule has 0 radical (unpaired) electrons. The molecule has 17 heavy (non-hydrogen) atoms. The van der Waals surface area contributed by atoms with Crippen LogP contribution in [0, 0.1) is 0 Å². The second kappa shape index (κ2) is 5.87. The quantitative estimate of drug-likeness (QED) is 0.832. The Morgan fingerprint density at radius 3 is 2.76 bits per heavy atom. The minimum Gasteiger partial charge on any atom is -0.368 e. The summed E-state index contributed by atoms with van der Waals surface area (Å²) in [6.45, 7) is 8.61. The van der Waals surface area contributed by atoms with Crippen LogP contribution in [0.4, 0.5) is 11.5 Å². The van der Waals surface area contributed by atoms with Crippen LogP contribution in [0.2, 0.25) is 0 Å². The lowest BCUT2D eigenvalue weighted by Crippen LogP contribution is -2.43. The smallest absolute Gasteiger partial charge is 0.126 e. The number of piperazine rings is 1. The molecule has 1 unspecified atom stereocenters. The van der Waals surface area contributed by atoms with Crippen molar-refractivity contribution in [2.24, 2.45) is 0 Å². The molecule has 2 rings (SSSR count). The number of aromatic nitrogens is 1. The van der Waals surface area contributed by atoms with Gasteiger partial charge in [0.2, 0.25) is 0 Å². The summed E-state index contributed by atoms with van der Waals surface area (Å²) in [5.74, 6) is 0.971. The van der Waals surface area contributed by atoms with Gasteiger partial charge < -0.3 is 15.5 Å². The Balaban J connectivity index is 1.97. The van der Waals surface area contributed by atoms with Gasteiger partial charge in [-0.15, -0.1) is 0 Å². The highest BCUT2D eigenvalue weighted by Crippen LogP contribution is 2.16. The highest BCUT2D eigenvalue weighted by atomic mass is 15.2. The van der Waals surface area contributed by atoms with Crippen LogP contribution in [0.15, 0.2) is 18.3 Å². The topological polar surface area (TPSA) is 40.2 Å². The summed E-state index contributed by atoms with van der Waals surface area (Å²) in [7, 11) is 0. The maximum absolute atomic E-state index is 4.47. The maximum atomic E-state index is 4.47. The van der Waals surface area contributed by atoms with E-state index in [-0.39, 0.29) is 0 Å². The first-order valence-electron chi connectivity index (χ1n) is 6.48. The molecule has 0 spiro atoms. The first-order valence-corrected chi connectivity index (χ1v) is 6.48. The zero-order chi connectivity index (χ0) is 12.1. The van der Waals surface area contributed by atoms with Crippen LogP contribution in [0.3, 0.4) is 0 Å². The molecule has 1 fully saturated rings. The predicted octanol–water partition coefficient (Wildman–Crippen LogP) is 1.70. The Hall–Kier alpha value is -1.29. The fraction of sp³-hybridized carbons (Fsp3) is 0.615. The molecule has 4 nitrogen and oxygen atoms in total. The lowest BCUT2D eigenvalue weighted by Gasteiger charge is -2.29. The molecule has 2 N–H and O–H groups in total. The monoisotopic (exact) mass is 234 g/mol. The van der Waals surface area contributed by atoms with Crippen molar-refractivity contribution in [1.82, 2.24) is 10.3 Å². The van der Waals surface area contributed by atoms with Gasteiger partial charge in [0.15, 0.2) is 0 Å².